The van der Waals surface area contributed by atoms with Gasteiger partial charge in [-0.15, -0.1) is 0 Å². The maximum absolute atomic E-state index is 12.9. The molecule has 0 heterocycles. The number of ether oxygens (including phenoxy) is 3. The third kappa shape index (κ3) is 63.9. The van der Waals surface area contributed by atoms with E-state index in [2.05, 4.69) is 173 Å². The molecule has 0 aromatic rings. The normalized spacial score (nSPS) is 13.2. The van der Waals surface area contributed by atoms with Gasteiger partial charge >= 0.3 is 17.9 Å². The summed E-state index contributed by atoms with van der Waals surface area (Å²) in [5.74, 6) is -1.01. The third-order valence-corrected chi connectivity index (χ3v) is 13.3. The molecular formula is C74H118O6. The van der Waals surface area contributed by atoms with Crippen LogP contribution in [-0.2, 0) is 28.6 Å². The molecule has 0 saturated heterocycles. The van der Waals surface area contributed by atoms with Crippen LogP contribution in [0.5, 0.6) is 0 Å². The second kappa shape index (κ2) is 66.5. The number of hydrogen-bond donors (Lipinski definition) is 0. The maximum atomic E-state index is 12.9. The first kappa shape index (κ1) is 75.0. The second-order valence-corrected chi connectivity index (χ2v) is 20.9. The number of unbranched alkanes of at least 4 members (excludes halogenated alkanes) is 20. The van der Waals surface area contributed by atoms with Crippen molar-refractivity contribution in [3.63, 3.8) is 0 Å². The van der Waals surface area contributed by atoms with E-state index in [4.69, 9.17) is 14.2 Å². The molecule has 0 aromatic carbocycles. The Morgan fingerprint density at radius 3 is 0.812 bits per heavy atom. The average Bonchev–Trinajstić information content (AvgIpc) is 3.46. The summed E-state index contributed by atoms with van der Waals surface area (Å²) in [5.41, 5.74) is 0. The molecule has 0 aromatic heterocycles. The first-order chi connectivity index (χ1) is 39.5. The molecule has 0 N–H and O–H groups in total. The molecule has 1 atom stereocenters. The summed E-state index contributed by atoms with van der Waals surface area (Å²) >= 11 is 0. The number of esters is 3. The average molecular weight is 1100 g/mol. The van der Waals surface area contributed by atoms with Gasteiger partial charge in [0.15, 0.2) is 6.10 Å². The van der Waals surface area contributed by atoms with Crippen molar-refractivity contribution in [3.05, 3.63) is 158 Å². The van der Waals surface area contributed by atoms with Crippen LogP contribution in [0.2, 0.25) is 0 Å². The van der Waals surface area contributed by atoms with E-state index in [-0.39, 0.29) is 31.6 Å². The molecule has 80 heavy (non-hydrogen) atoms. The van der Waals surface area contributed by atoms with Gasteiger partial charge in [-0.3, -0.25) is 14.4 Å². The molecule has 0 bridgehead atoms. The topological polar surface area (TPSA) is 78.9 Å². The zero-order valence-electron chi connectivity index (χ0n) is 51.5. The van der Waals surface area contributed by atoms with E-state index in [0.717, 1.165) is 128 Å². The van der Waals surface area contributed by atoms with Gasteiger partial charge in [0.05, 0.1) is 0 Å². The van der Waals surface area contributed by atoms with E-state index in [1.54, 1.807) is 0 Å². The molecule has 0 aliphatic rings. The van der Waals surface area contributed by atoms with E-state index in [1.165, 1.54) is 96.3 Å². The fourth-order valence-corrected chi connectivity index (χ4v) is 8.51. The third-order valence-electron chi connectivity index (χ3n) is 13.3. The van der Waals surface area contributed by atoms with Gasteiger partial charge in [0.25, 0.3) is 0 Å². The molecule has 0 amide bonds. The van der Waals surface area contributed by atoms with Gasteiger partial charge in [0.1, 0.15) is 13.2 Å². The van der Waals surface area contributed by atoms with Crippen molar-refractivity contribution in [1.82, 2.24) is 0 Å². The van der Waals surface area contributed by atoms with Gasteiger partial charge in [-0.25, -0.2) is 0 Å². The minimum Gasteiger partial charge on any atom is -0.462 e. The Hall–Kier alpha value is -4.97. The summed E-state index contributed by atoms with van der Waals surface area (Å²) in [4.78, 5) is 38.3. The van der Waals surface area contributed by atoms with Crippen molar-refractivity contribution in [3.8, 4) is 0 Å². The quantitative estimate of drug-likeness (QED) is 0.0261. The van der Waals surface area contributed by atoms with Crippen molar-refractivity contribution in [2.24, 2.45) is 0 Å². The molecule has 0 aliphatic heterocycles. The van der Waals surface area contributed by atoms with Crippen LogP contribution >= 0.6 is 0 Å². The highest BCUT2D eigenvalue weighted by Gasteiger charge is 2.19. The van der Waals surface area contributed by atoms with Crippen LogP contribution in [0, 0.1) is 0 Å². The largest absolute Gasteiger partial charge is 0.462 e. The van der Waals surface area contributed by atoms with E-state index >= 15 is 0 Å². The Morgan fingerprint density at radius 1 is 0.263 bits per heavy atom. The maximum Gasteiger partial charge on any atom is 0.306 e. The van der Waals surface area contributed by atoms with Crippen molar-refractivity contribution >= 4 is 17.9 Å². The van der Waals surface area contributed by atoms with Gasteiger partial charge in [-0.05, 0) is 116 Å². The Balaban J connectivity index is 4.45. The molecule has 6 nitrogen and oxygen atoms in total. The summed E-state index contributed by atoms with van der Waals surface area (Å²) < 4.78 is 16.8. The summed E-state index contributed by atoms with van der Waals surface area (Å²) in [5, 5.41) is 0. The first-order valence-corrected chi connectivity index (χ1v) is 32.5. The van der Waals surface area contributed by atoms with Crippen LogP contribution in [-0.4, -0.2) is 37.2 Å². The van der Waals surface area contributed by atoms with Gasteiger partial charge in [0.2, 0.25) is 0 Å². The Morgan fingerprint density at radius 2 is 0.512 bits per heavy atom. The van der Waals surface area contributed by atoms with Gasteiger partial charge in [-0.2, -0.15) is 0 Å². The standard InChI is InChI=1S/C74H118O6/c1-4-7-10-13-16-19-22-25-28-30-32-33-34-35-36-37-38-39-40-41-43-44-46-49-52-55-58-61-64-67-73(76)79-70-71(69-78-72(75)66-63-60-57-54-51-48-27-24-21-18-15-12-9-6-3)80-74(77)68-65-62-59-56-53-50-47-45-42-31-29-26-23-20-17-14-11-8-5-2/h7-8,10-11,16-17,19-20,25-26,28-29,32-33,35-36,38-39,41-43,45,50,53,59,62,71H,4-6,9,12-15,18,21-24,27,30-31,34,37,40,44,46-49,51-52,54-58,60-61,63-70H2,1-3H3/b10-7-,11-8-,19-16-,20-17-,28-25-,29-26-,33-32-,36-35-,39-38-,43-41-,45-42-,53-50-,62-59-. The van der Waals surface area contributed by atoms with Gasteiger partial charge in [0, 0.05) is 19.3 Å². The van der Waals surface area contributed by atoms with E-state index in [1.807, 2.05) is 6.08 Å². The highest BCUT2D eigenvalue weighted by molar-refractivity contribution is 5.71. The summed E-state index contributed by atoms with van der Waals surface area (Å²) in [6, 6.07) is 0. The second-order valence-electron chi connectivity index (χ2n) is 20.9. The molecule has 450 valence electrons. The lowest BCUT2D eigenvalue weighted by Crippen LogP contribution is -2.30. The van der Waals surface area contributed by atoms with Crippen molar-refractivity contribution in [2.75, 3.05) is 13.2 Å². The highest BCUT2D eigenvalue weighted by Crippen LogP contribution is 2.15. The number of carbonyl (C=O) groups is 3. The summed E-state index contributed by atoms with van der Waals surface area (Å²) in [6.45, 7) is 6.34. The lowest BCUT2D eigenvalue weighted by atomic mass is 10.0. The van der Waals surface area contributed by atoms with E-state index in [0.29, 0.717) is 19.3 Å². The molecule has 0 rings (SSSR count). The fourth-order valence-electron chi connectivity index (χ4n) is 8.51. The van der Waals surface area contributed by atoms with Gasteiger partial charge < -0.3 is 14.2 Å². The highest BCUT2D eigenvalue weighted by atomic mass is 16.6. The summed E-state index contributed by atoms with van der Waals surface area (Å²) in [7, 11) is 0. The number of allylic oxidation sites excluding steroid dienone is 26. The van der Waals surface area contributed by atoms with Gasteiger partial charge in [-0.1, -0.05) is 294 Å². The van der Waals surface area contributed by atoms with Crippen LogP contribution in [0.4, 0.5) is 0 Å². The molecule has 0 radical (unpaired) electrons. The lowest BCUT2D eigenvalue weighted by molar-refractivity contribution is -0.166. The van der Waals surface area contributed by atoms with Crippen LogP contribution in [0.1, 0.15) is 271 Å². The fraction of sp³-hybridized carbons (Fsp3) is 0.608. The van der Waals surface area contributed by atoms with Crippen molar-refractivity contribution in [2.45, 2.75) is 277 Å². The zero-order chi connectivity index (χ0) is 57.8. The summed E-state index contributed by atoms with van der Waals surface area (Å²) in [6.07, 6.45) is 96.9. The minimum atomic E-state index is -0.830. The molecule has 0 spiro atoms. The Kier molecular flexibility index (Phi) is 62.4. The molecule has 0 aliphatic carbocycles. The SMILES string of the molecule is CC/C=C\C/C=C\C/C=C\C/C=C\C/C=C\C/C=C\C/C=C\CCCCCCCCCC(=O)OCC(COC(=O)CCCCCCCCCCCCCCCC)OC(=O)CC/C=C\C/C=C\C/C=C\C/C=C\C/C=C\C/C=C\CC. The monoisotopic (exact) mass is 1100 g/mol. The van der Waals surface area contributed by atoms with Crippen LogP contribution < -0.4 is 0 Å². The van der Waals surface area contributed by atoms with E-state index in [9.17, 15) is 14.4 Å². The minimum absolute atomic E-state index is 0.115. The van der Waals surface area contributed by atoms with E-state index < -0.39 is 12.1 Å². The van der Waals surface area contributed by atoms with Crippen molar-refractivity contribution < 1.29 is 28.6 Å². The zero-order valence-corrected chi connectivity index (χ0v) is 51.5. The molecule has 1 unspecified atom stereocenters. The molecule has 0 fully saturated rings. The van der Waals surface area contributed by atoms with Crippen LogP contribution in [0.15, 0.2) is 158 Å². The smallest absolute Gasteiger partial charge is 0.306 e. The molecule has 6 heteroatoms. The number of hydrogen-bond acceptors (Lipinski definition) is 6. The predicted octanol–water partition coefficient (Wildman–Crippen LogP) is 22.5. The number of carbonyl (C=O) groups excluding carboxylic acids is 3. The number of rotatable bonds is 57. The van der Waals surface area contributed by atoms with Crippen LogP contribution in [0.3, 0.4) is 0 Å². The van der Waals surface area contributed by atoms with Crippen molar-refractivity contribution in [1.29, 1.82) is 0 Å². The lowest BCUT2D eigenvalue weighted by Gasteiger charge is -2.18. The molecule has 0 saturated carbocycles. The van der Waals surface area contributed by atoms with Crippen LogP contribution in [0.25, 0.3) is 0 Å². The Labute approximate surface area is 492 Å². The Bertz CT molecular complexity index is 1790. The predicted molar refractivity (Wildman–Crippen MR) is 348 cm³/mol. The molecular weight excluding hydrogens is 985 g/mol. The first-order valence-electron chi connectivity index (χ1n) is 32.5.